The highest BCUT2D eigenvalue weighted by Gasteiger charge is 2.18. The van der Waals surface area contributed by atoms with Crippen LogP contribution in [0, 0.1) is 0 Å². The molecule has 1 aromatic heterocycles. The topological polar surface area (TPSA) is 77.2 Å². The molecule has 15 heavy (non-hydrogen) atoms. The standard InChI is InChI=1S/C8H12FN3O3/c1-15-5-6-7(8(13)14)10-11-12(6)4-2-3-9/h2-5H2,1H3,(H,13,14). The Morgan fingerprint density at radius 3 is 2.93 bits per heavy atom. The molecule has 6 nitrogen and oxygen atoms in total. The summed E-state index contributed by atoms with van der Waals surface area (Å²) in [5.41, 5.74) is 0.217. The van der Waals surface area contributed by atoms with Gasteiger partial charge in [-0.2, -0.15) is 0 Å². The van der Waals surface area contributed by atoms with Gasteiger partial charge in [-0.05, 0) is 6.42 Å². The number of aryl methyl sites for hydroxylation is 1. The minimum Gasteiger partial charge on any atom is -0.476 e. The molecular weight excluding hydrogens is 205 g/mol. The summed E-state index contributed by atoms with van der Waals surface area (Å²) in [6, 6.07) is 0. The van der Waals surface area contributed by atoms with Crippen molar-refractivity contribution in [3.8, 4) is 0 Å². The summed E-state index contributed by atoms with van der Waals surface area (Å²) in [6.07, 6.45) is 0.277. The van der Waals surface area contributed by atoms with E-state index in [9.17, 15) is 9.18 Å². The highest BCUT2D eigenvalue weighted by atomic mass is 19.1. The minimum atomic E-state index is -1.16. The summed E-state index contributed by atoms with van der Waals surface area (Å²) in [7, 11) is 1.44. The Kier molecular flexibility index (Phi) is 4.17. The maximum Gasteiger partial charge on any atom is 0.358 e. The Bertz CT molecular complexity index is 340. The molecule has 1 N–H and O–H groups in total. The van der Waals surface area contributed by atoms with Crippen molar-refractivity contribution in [2.24, 2.45) is 0 Å². The third-order valence-electron chi connectivity index (χ3n) is 1.82. The van der Waals surface area contributed by atoms with Crippen molar-refractivity contribution in [3.05, 3.63) is 11.4 Å². The van der Waals surface area contributed by atoms with Crippen LogP contribution in [0.4, 0.5) is 4.39 Å². The Morgan fingerprint density at radius 2 is 2.40 bits per heavy atom. The molecule has 0 aromatic carbocycles. The lowest BCUT2D eigenvalue weighted by Gasteiger charge is -2.04. The number of halogens is 1. The van der Waals surface area contributed by atoms with Crippen molar-refractivity contribution in [1.29, 1.82) is 0 Å². The first-order valence-electron chi connectivity index (χ1n) is 4.41. The van der Waals surface area contributed by atoms with Gasteiger partial charge in [-0.1, -0.05) is 5.21 Å². The van der Waals surface area contributed by atoms with Crippen molar-refractivity contribution >= 4 is 5.97 Å². The summed E-state index contributed by atoms with van der Waals surface area (Å²) < 4.78 is 18.1. The zero-order valence-electron chi connectivity index (χ0n) is 8.31. The van der Waals surface area contributed by atoms with Crippen LogP contribution in [0.15, 0.2) is 0 Å². The number of carbonyl (C=O) groups is 1. The Morgan fingerprint density at radius 1 is 1.67 bits per heavy atom. The second-order valence-electron chi connectivity index (χ2n) is 2.89. The van der Waals surface area contributed by atoms with Crippen LogP contribution < -0.4 is 0 Å². The van der Waals surface area contributed by atoms with Gasteiger partial charge < -0.3 is 9.84 Å². The van der Waals surface area contributed by atoms with E-state index in [1.807, 2.05) is 0 Å². The lowest BCUT2D eigenvalue weighted by atomic mass is 10.3. The smallest absolute Gasteiger partial charge is 0.358 e. The molecule has 0 aliphatic carbocycles. The van der Waals surface area contributed by atoms with Gasteiger partial charge >= 0.3 is 5.97 Å². The minimum absolute atomic E-state index is 0.0981. The fourth-order valence-corrected chi connectivity index (χ4v) is 1.17. The zero-order valence-corrected chi connectivity index (χ0v) is 8.31. The monoisotopic (exact) mass is 217 g/mol. The molecule has 0 aliphatic heterocycles. The average Bonchev–Trinajstić information content (AvgIpc) is 2.59. The number of nitrogens with zero attached hydrogens (tertiary/aromatic N) is 3. The fraction of sp³-hybridized carbons (Fsp3) is 0.625. The van der Waals surface area contributed by atoms with Crippen molar-refractivity contribution in [2.45, 2.75) is 19.6 Å². The number of alkyl halides is 1. The molecule has 0 saturated carbocycles. The average molecular weight is 217 g/mol. The van der Waals surface area contributed by atoms with Gasteiger partial charge in [-0.15, -0.1) is 5.10 Å². The van der Waals surface area contributed by atoms with E-state index in [1.165, 1.54) is 11.8 Å². The Balaban J connectivity index is 2.90. The van der Waals surface area contributed by atoms with Gasteiger partial charge in [-0.3, -0.25) is 4.39 Å². The van der Waals surface area contributed by atoms with E-state index in [4.69, 9.17) is 9.84 Å². The van der Waals surface area contributed by atoms with E-state index in [0.29, 0.717) is 12.2 Å². The van der Waals surface area contributed by atoms with E-state index >= 15 is 0 Å². The number of carboxylic acids is 1. The van der Waals surface area contributed by atoms with Crippen molar-refractivity contribution in [3.63, 3.8) is 0 Å². The number of carboxylic acid groups (broad SMARTS) is 1. The highest BCUT2D eigenvalue weighted by molar-refractivity contribution is 5.86. The lowest BCUT2D eigenvalue weighted by Crippen LogP contribution is -2.09. The normalized spacial score (nSPS) is 10.5. The third kappa shape index (κ3) is 2.72. The van der Waals surface area contributed by atoms with Crippen molar-refractivity contribution in [2.75, 3.05) is 13.8 Å². The largest absolute Gasteiger partial charge is 0.476 e. The highest BCUT2D eigenvalue weighted by Crippen LogP contribution is 2.07. The first-order chi connectivity index (χ1) is 7.20. The molecule has 0 saturated heterocycles. The molecule has 0 atom stereocenters. The quantitative estimate of drug-likeness (QED) is 0.750. The van der Waals surface area contributed by atoms with Crippen LogP contribution in [0.5, 0.6) is 0 Å². The Labute approximate surface area is 85.7 Å². The first-order valence-corrected chi connectivity index (χ1v) is 4.41. The number of aromatic carboxylic acids is 1. The van der Waals surface area contributed by atoms with E-state index in [-0.39, 0.29) is 18.7 Å². The molecular formula is C8H12FN3O3. The Hall–Kier alpha value is -1.50. The van der Waals surface area contributed by atoms with Gasteiger partial charge in [-0.25, -0.2) is 9.48 Å². The predicted molar refractivity (Wildman–Crippen MR) is 48.3 cm³/mol. The number of methoxy groups -OCH3 is 1. The first kappa shape index (κ1) is 11.6. The van der Waals surface area contributed by atoms with E-state index < -0.39 is 12.6 Å². The van der Waals surface area contributed by atoms with Crippen LogP contribution in [0.2, 0.25) is 0 Å². The molecule has 84 valence electrons. The fourth-order valence-electron chi connectivity index (χ4n) is 1.17. The summed E-state index contributed by atoms with van der Waals surface area (Å²) in [4.78, 5) is 10.7. The van der Waals surface area contributed by atoms with Crippen molar-refractivity contribution < 1.29 is 19.0 Å². The summed E-state index contributed by atoms with van der Waals surface area (Å²) >= 11 is 0. The number of aromatic nitrogens is 3. The predicted octanol–water partition coefficient (Wildman–Crippen LogP) is 0.482. The lowest BCUT2D eigenvalue weighted by molar-refractivity contribution is 0.0684. The third-order valence-corrected chi connectivity index (χ3v) is 1.82. The molecule has 1 heterocycles. The number of hydrogen-bond acceptors (Lipinski definition) is 4. The SMILES string of the molecule is COCc1c(C(=O)O)nnn1CCCF. The van der Waals surface area contributed by atoms with Crippen molar-refractivity contribution in [1.82, 2.24) is 15.0 Å². The number of rotatable bonds is 6. The summed E-state index contributed by atoms with van der Waals surface area (Å²) in [5, 5.41) is 15.9. The van der Waals surface area contributed by atoms with Gasteiger partial charge in [0.15, 0.2) is 5.69 Å². The molecule has 0 unspecified atom stereocenters. The van der Waals surface area contributed by atoms with Crippen LogP contribution in [0.25, 0.3) is 0 Å². The summed E-state index contributed by atoms with van der Waals surface area (Å²) in [5.74, 6) is -1.16. The molecule has 0 bridgehead atoms. The molecule has 7 heteroatoms. The number of hydrogen-bond donors (Lipinski definition) is 1. The van der Waals surface area contributed by atoms with Gasteiger partial charge in [0.25, 0.3) is 0 Å². The number of ether oxygens (including phenoxy) is 1. The van der Waals surface area contributed by atoms with Gasteiger partial charge in [0.2, 0.25) is 0 Å². The van der Waals surface area contributed by atoms with Gasteiger partial charge in [0.1, 0.15) is 0 Å². The van der Waals surface area contributed by atoms with Crippen LogP contribution in [-0.4, -0.2) is 39.9 Å². The zero-order chi connectivity index (χ0) is 11.3. The molecule has 0 amide bonds. The molecule has 0 fully saturated rings. The molecule has 0 aliphatic rings. The molecule has 0 radical (unpaired) electrons. The second kappa shape index (κ2) is 5.40. The van der Waals surface area contributed by atoms with Crippen LogP contribution in [0.3, 0.4) is 0 Å². The maximum atomic E-state index is 12.0. The van der Waals surface area contributed by atoms with E-state index in [0.717, 1.165) is 0 Å². The van der Waals surface area contributed by atoms with Gasteiger partial charge in [0.05, 0.1) is 19.0 Å². The maximum absolute atomic E-state index is 12.0. The molecule has 1 rings (SSSR count). The van der Waals surface area contributed by atoms with E-state index in [2.05, 4.69) is 10.3 Å². The molecule has 1 aromatic rings. The van der Waals surface area contributed by atoms with Gasteiger partial charge in [0, 0.05) is 13.7 Å². The summed E-state index contributed by atoms with van der Waals surface area (Å²) in [6.45, 7) is -0.0783. The van der Waals surface area contributed by atoms with E-state index in [1.54, 1.807) is 0 Å². The molecule has 0 spiro atoms. The van der Waals surface area contributed by atoms with Crippen LogP contribution in [0.1, 0.15) is 22.6 Å². The second-order valence-corrected chi connectivity index (χ2v) is 2.89. The van der Waals surface area contributed by atoms with Crippen LogP contribution >= 0.6 is 0 Å². The van der Waals surface area contributed by atoms with Crippen LogP contribution in [-0.2, 0) is 17.9 Å².